The molecule has 1 aromatic rings. The van der Waals surface area contributed by atoms with Crippen molar-refractivity contribution >= 4 is 29.9 Å². The molecule has 4 nitrogen and oxygen atoms in total. The van der Waals surface area contributed by atoms with Gasteiger partial charge in [-0.2, -0.15) is 0 Å². The molecule has 140 valence electrons. The molecular formula is C19H30FIN4. The maximum Gasteiger partial charge on any atom is 0.191 e. The van der Waals surface area contributed by atoms with Gasteiger partial charge < -0.3 is 10.6 Å². The molecule has 25 heavy (non-hydrogen) atoms. The molecule has 1 aromatic carbocycles. The molecule has 2 aliphatic rings. The molecule has 0 radical (unpaired) electrons. The number of guanidine groups is 1. The number of nitrogens with one attached hydrogen (secondary N) is 2. The van der Waals surface area contributed by atoms with Gasteiger partial charge in [0.05, 0.1) is 6.54 Å². The van der Waals surface area contributed by atoms with Crippen LogP contribution in [0, 0.1) is 5.82 Å². The summed E-state index contributed by atoms with van der Waals surface area (Å²) in [5.74, 6) is 0.601. The SMILES string of the molecule is CCNC(=NCc1ccccc1F)NC1CCN(C2CCCC2)C1.I. The van der Waals surface area contributed by atoms with E-state index in [1.807, 2.05) is 6.07 Å². The molecule has 0 spiro atoms. The van der Waals surface area contributed by atoms with Crippen molar-refractivity contribution in [3.05, 3.63) is 35.6 Å². The van der Waals surface area contributed by atoms with E-state index < -0.39 is 0 Å². The van der Waals surface area contributed by atoms with E-state index in [4.69, 9.17) is 0 Å². The summed E-state index contributed by atoms with van der Waals surface area (Å²) in [5.41, 5.74) is 0.633. The quantitative estimate of drug-likeness (QED) is 0.402. The van der Waals surface area contributed by atoms with Gasteiger partial charge in [-0.05, 0) is 32.3 Å². The Morgan fingerprint density at radius 2 is 2.00 bits per heavy atom. The van der Waals surface area contributed by atoms with E-state index in [1.54, 1.807) is 12.1 Å². The van der Waals surface area contributed by atoms with E-state index in [9.17, 15) is 4.39 Å². The second-order valence-electron chi connectivity index (χ2n) is 6.85. The van der Waals surface area contributed by atoms with Crippen molar-refractivity contribution in [3.8, 4) is 0 Å². The molecule has 1 saturated heterocycles. The smallest absolute Gasteiger partial charge is 0.191 e. The Hall–Kier alpha value is -0.890. The third-order valence-corrected chi connectivity index (χ3v) is 5.11. The standard InChI is InChI=1S/C19H29FN4.HI/c1-2-21-19(22-13-15-7-3-6-10-18(15)20)23-16-11-12-24(14-16)17-8-4-5-9-17;/h3,6-7,10,16-17H,2,4-5,8-9,11-14H2,1H3,(H2,21,22,23);1H. The van der Waals surface area contributed by atoms with Crippen LogP contribution in [0.15, 0.2) is 29.3 Å². The highest BCUT2D eigenvalue weighted by atomic mass is 127. The summed E-state index contributed by atoms with van der Waals surface area (Å²) in [5, 5.41) is 6.82. The van der Waals surface area contributed by atoms with E-state index in [2.05, 4.69) is 27.4 Å². The lowest BCUT2D eigenvalue weighted by Crippen LogP contribution is -2.45. The molecule has 1 aliphatic heterocycles. The van der Waals surface area contributed by atoms with Crippen LogP contribution in [0.1, 0.15) is 44.6 Å². The Morgan fingerprint density at radius 3 is 2.72 bits per heavy atom. The summed E-state index contributed by atoms with van der Waals surface area (Å²) in [6, 6.07) is 8.06. The van der Waals surface area contributed by atoms with Gasteiger partial charge in [0, 0.05) is 37.3 Å². The van der Waals surface area contributed by atoms with Crippen LogP contribution in [-0.2, 0) is 6.54 Å². The first-order chi connectivity index (χ1) is 11.8. The molecule has 1 heterocycles. The number of likely N-dealkylation sites (tertiary alicyclic amines) is 1. The van der Waals surface area contributed by atoms with Gasteiger partial charge in [-0.3, -0.25) is 4.90 Å². The summed E-state index contributed by atoms with van der Waals surface area (Å²) >= 11 is 0. The second kappa shape index (κ2) is 10.3. The van der Waals surface area contributed by atoms with Crippen LogP contribution in [0.25, 0.3) is 0 Å². The van der Waals surface area contributed by atoms with Gasteiger partial charge in [0.2, 0.25) is 0 Å². The number of hydrogen-bond acceptors (Lipinski definition) is 2. The molecule has 3 rings (SSSR count). The van der Waals surface area contributed by atoms with Crippen molar-refractivity contribution < 1.29 is 4.39 Å². The van der Waals surface area contributed by atoms with Gasteiger partial charge in [0.15, 0.2) is 5.96 Å². The van der Waals surface area contributed by atoms with Crippen molar-refractivity contribution in [3.63, 3.8) is 0 Å². The third-order valence-electron chi connectivity index (χ3n) is 5.11. The second-order valence-corrected chi connectivity index (χ2v) is 6.85. The van der Waals surface area contributed by atoms with Gasteiger partial charge >= 0.3 is 0 Å². The van der Waals surface area contributed by atoms with Crippen LogP contribution in [-0.4, -0.2) is 42.6 Å². The molecule has 1 atom stereocenters. The summed E-state index contributed by atoms with van der Waals surface area (Å²) in [7, 11) is 0. The highest BCUT2D eigenvalue weighted by Gasteiger charge is 2.30. The highest BCUT2D eigenvalue weighted by molar-refractivity contribution is 14.0. The topological polar surface area (TPSA) is 39.7 Å². The zero-order valence-electron chi connectivity index (χ0n) is 15.0. The molecule has 0 amide bonds. The lowest BCUT2D eigenvalue weighted by molar-refractivity contribution is 0.242. The summed E-state index contributed by atoms with van der Waals surface area (Å²) in [4.78, 5) is 7.20. The Balaban J connectivity index is 0.00000225. The molecule has 0 bridgehead atoms. The number of rotatable bonds is 5. The minimum Gasteiger partial charge on any atom is -0.357 e. The fraction of sp³-hybridized carbons (Fsp3) is 0.632. The van der Waals surface area contributed by atoms with Crippen molar-refractivity contribution in [1.82, 2.24) is 15.5 Å². The first-order valence-electron chi connectivity index (χ1n) is 9.28. The predicted molar refractivity (Wildman–Crippen MR) is 112 cm³/mol. The minimum atomic E-state index is -0.189. The molecule has 2 fully saturated rings. The Morgan fingerprint density at radius 1 is 1.24 bits per heavy atom. The third kappa shape index (κ3) is 5.81. The van der Waals surface area contributed by atoms with Gasteiger partial charge in [-0.1, -0.05) is 31.0 Å². The minimum absolute atomic E-state index is 0. The maximum atomic E-state index is 13.7. The van der Waals surface area contributed by atoms with Crippen LogP contribution < -0.4 is 10.6 Å². The first-order valence-corrected chi connectivity index (χ1v) is 9.28. The Kier molecular flexibility index (Phi) is 8.42. The van der Waals surface area contributed by atoms with E-state index in [1.165, 1.54) is 38.3 Å². The predicted octanol–water partition coefficient (Wildman–Crippen LogP) is 3.52. The zero-order valence-corrected chi connectivity index (χ0v) is 17.3. The van der Waals surface area contributed by atoms with E-state index >= 15 is 0 Å². The summed E-state index contributed by atoms with van der Waals surface area (Å²) in [6.07, 6.45) is 6.63. The van der Waals surface area contributed by atoms with Crippen LogP contribution in [0.5, 0.6) is 0 Å². The van der Waals surface area contributed by atoms with Gasteiger partial charge in [0.1, 0.15) is 5.82 Å². The number of aliphatic imine (C=N–C) groups is 1. The number of nitrogens with zero attached hydrogens (tertiary/aromatic N) is 2. The fourth-order valence-corrected chi connectivity index (χ4v) is 3.81. The van der Waals surface area contributed by atoms with Crippen molar-refractivity contribution in [2.75, 3.05) is 19.6 Å². The van der Waals surface area contributed by atoms with Crippen LogP contribution in [0.2, 0.25) is 0 Å². The van der Waals surface area contributed by atoms with Gasteiger partial charge in [-0.15, -0.1) is 24.0 Å². The number of benzene rings is 1. The largest absolute Gasteiger partial charge is 0.357 e. The van der Waals surface area contributed by atoms with Crippen LogP contribution >= 0.6 is 24.0 Å². The molecule has 1 aliphatic carbocycles. The zero-order chi connectivity index (χ0) is 16.8. The Bertz CT molecular complexity index is 560. The van der Waals surface area contributed by atoms with Crippen molar-refractivity contribution in [2.24, 2.45) is 4.99 Å². The Labute approximate surface area is 167 Å². The van der Waals surface area contributed by atoms with Crippen LogP contribution in [0.4, 0.5) is 4.39 Å². The molecule has 1 unspecified atom stereocenters. The fourth-order valence-electron chi connectivity index (χ4n) is 3.81. The number of hydrogen-bond donors (Lipinski definition) is 2. The van der Waals surface area contributed by atoms with Gasteiger partial charge in [0.25, 0.3) is 0 Å². The van der Waals surface area contributed by atoms with Crippen molar-refractivity contribution in [1.29, 1.82) is 0 Å². The van der Waals surface area contributed by atoms with E-state index in [-0.39, 0.29) is 29.8 Å². The van der Waals surface area contributed by atoms with Crippen LogP contribution in [0.3, 0.4) is 0 Å². The van der Waals surface area contributed by atoms with E-state index in [0.717, 1.165) is 31.5 Å². The summed E-state index contributed by atoms with van der Waals surface area (Å²) in [6.45, 7) is 5.49. The van der Waals surface area contributed by atoms with E-state index in [0.29, 0.717) is 18.2 Å². The molecule has 0 aromatic heterocycles. The highest BCUT2D eigenvalue weighted by Crippen LogP contribution is 2.26. The van der Waals surface area contributed by atoms with Gasteiger partial charge in [-0.25, -0.2) is 9.38 Å². The molecular weight excluding hydrogens is 430 g/mol. The lowest BCUT2D eigenvalue weighted by atomic mass is 10.2. The molecule has 6 heteroatoms. The maximum absolute atomic E-state index is 13.7. The van der Waals surface area contributed by atoms with Crippen molar-refractivity contribution in [2.45, 2.75) is 57.7 Å². The summed E-state index contributed by atoms with van der Waals surface area (Å²) < 4.78 is 13.7. The monoisotopic (exact) mass is 460 g/mol. The first kappa shape index (κ1) is 20.4. The normalized spacial score (nSPS) is 22.0. The number of halogens is 2. The molecule has 2 N–H and O–H groups in total. The molecule has 1 saturated carbocycles. The average Bonchev–Trinajstić information content (AvgIpc) is 3.25. The lowest BCUT2D eigenvalue weighted by Gasteiger charge is -2.24. The average molecular weight is 460 g/mol.